The Morgan fingerprint density at radius 3 is 2.44 bits per heavy atom. The lowest BCUT2D eigenvalue weighted by Gasteiger charge is -2.44. The Morgan fingerprint density at radius 1 is 1.04 bits per heavy atom. The molecule has 0 radical (unpaired) electrons. The molecule has 0 bridgehead atoms. The number of cyclic esters (lactones) is 1. The molecule has 2 N–H and O–H groups in total. The van der Waals surface area contributed by atoms with Crippen LogP contribution in [0.2, 0.25) is 0 Å². The van der Waals surface area contributed by atoms with Crippen LogP contribution in [0.5, 0.6) is 0 Å². The lowest BCUT2D eigenvalue weighted by Crippen LogP contribution is -2.60. The SMILES string of the molecule is COC[C@@H]1NC(=O)CC/C=C\[C@@H]2O[C@@]34C=CCN(C(C)(C)CC(C)(C)C)C(=O)[C@@H]3N(CCCO)C(=O)[C@H]4[C@@H]2C(=O)O[C@H]1c1ccccc1. The van der Waals surface area contributed by atoms with Gasteiger partial charge in [-0.1, -0.05) is 75.4 Å². The number of ether oxygens (including phenoxy) is 3. The number of rotatable bonds is 8. The van der Waals surface area contributed by atoms with Crippen LogP contribution in [-0.2, 0) is 33.4 Å². The van der Waals surface area contributed by atoms with Crippen LogP contribution in [0.25, 0.3) is 0 Å². The Labute approximate surface area is 283 Å². The lowest BCUT2D eigenvalue weighted by atomic mass is 9.77. The minimum Gasteiger partial charge on any atom is -0.455 e. The molecule has 1 spiro atoms. The molecule has 11 nitrogen and oxygen atoms in total. The zero-order valence-electron chi connectivity index (χ0n) is 29.0. The summed E-state index contributed by atoms with van der Waals surface area (Å²) in [5.41, 5.74) is -1.42. The second-order valence-electron chi connectivity index (χ2n) is 15.2. The third kappa shape index (κ3) is 6.95. The molecular weight excluding hydrogens is 614 g/mol. The van der Waals surface area contributed by atoms with Crippen molar-refractivity contribution in [2.24, 2.45) is 17.3 Å². The number of fused-ring (bicyclic) bond motifs is 2. The second kappa shape index (κ2) is 14.1. The first kappa shape index (κ1) is 35.8. The Kier molecular flexibility index (Phi) is 10.5. The Balaban J connectivity index is 1.60. The molecule has 0 aromatic heterocycles. The molecule has 262 valence electrons. The number of carbonyl (C=O) groups is 4. The zero-order chi connectivity index (χ0) is 34.9. The van der Waals surface area contributed by atoms with Crippen molar-refractivity contribution in [1.29, 1.82) is 0 Å². The minimum atomic E-state index is -1.45. The number of aliphatic hydroxyl groups is 1. The molecule has 11 heteroatoms. The van der Waals surface area contributed by atoms with E-state index in [0.29, 0.717) is 24.9 Å². The number of amides is 3. The third-order valence-corrected chi connectivity index (χ3v) is 9.81. The van der Waals surface area contributed by atoms with Crippen LogP contribution >= 0.6 is 0 Å². The molecule has 7 atom stereocenters. The molecule has 3 amide bonds. The molecular formula is C37H51N3O8. The van der Waals surface area contributed by atoms with Crippen LogP contribution < -0.4 is 5.32 Å². The maximum absolute atomic E-state index is 14.8. The molecule has 4 aliphatic heterocycles. The van der Waals surface area contributed by atoms with Gasteiger partial charge in [-0.25, -0.2) is 0 Å². The summed E-state index contributed by atoms with van der Waals surface area (Å²) in [7, 11) is 1.51. The fourth-order valence-corrected chi connectivity index (χ4v) is 8.31. The van der Waals surface area contributed by atoms with Gasteiger partial charge >= 0.3 is 5.97 Å². The first-order valence-corrected chi connectivity index (χ1v) is 17.0. The zero-order valence-corrected chi connectivity index (χ0v) is 29.0. The maximum Gasteiger partial charge on any atom is 0.313 e. The third-order valence-electron chi connectivity index (χ3n) is 9.81. The van der Waals surface area contributed by atoms with Crippen molar-refractivity contribution >= 4 is 23.7 Å². The number of nitrogens with one attached hydrogen (secondary N) is 1. The van der Waals surface area contributed by atoms with E-state index in [-0.39, 0.29) is 55.7 Å². The fraction of sp³-hybridized carbons (Fsp3) is 0.622. The topological polar surface area (TPSA) is 135 Å². The summed E-state index contributed by atoms with van der Waals surface area (Å²) < 4.78 is 18.6. The van der Waals surface area contributed by atoms with E-state index in [9.17, 15) is 24.3 Å². The highest BCUT2D eigenvalue weighted by Crippen LogP contribution is 2.54. The van der Waals surface area contributed by atoms with Gasteiger partial charge in [0.15, 0.2) is 0 Å². The predicted octanol–water partition coefficient (Wildman–Crippen LogP) is 3.33. The summed E-state index contributed by atoms with van der Waals surface area (Å²) >= 11 is 0. The highest BCUT2D eigenvalue weighted by molar-refractivity contribution is 5.99. The van der Waals surface area contributed by atoms with Crippen molar-refractivity contribution in [3.63, 3.8) is 0 Å². The molecule has 2 saturated heterocycles. The number of nitrogens with zero attached hydrogens (tertiary/aromatic N) is 2. The number of methoxy groups -OCH3 is 1. The molecule has 1 aromatic rings. The number of allylic oxidation sites excluding steroid dienone is 1. The van der Waals surface area contributed by atoms with E-state index in [1.165, 1.54) is 12.0 Å². The number of esters is 1. The summed E-state index contributed by atoms with van der Waals surface area (Å²) in [5, 5.41) is 12.7. The van der Waals surface area contributed by atoms with Crippen LogP contribution in [0.15, 0.2) is 54.6 Å². The molecule has 0 saturated carbocycles. The average molecular weight is 666 g/mol. The number of aliphatic hydroxyl groups excluding tert-OH is 1. The van der Waals surface area contributed by atoms with E-state index in [0.717, 1.165) is 0 Å². The van der Waals surface area contributed by atoms with E-state index < -0.39 is 53.2 Å². The van der Waals surface area contributed by atoms with Gasteiger partial charge in [0.05, 0.1) is 24.7 Å². The highest BCUT2D eigenvalue weighted by Gasteiger charge is 2.72. The van der Waals surface area contributed by atoms with Gasteiger partial charge in [-0.3, -0.25) is 19.2 Å². The summed E-state index contributed by atoms with van der Waals surface area (Å²) in [6.45, 7) is 10.8. The highest BCUT2D eigenvalue weighted by atomic mass is 16.6. The van der Waals surface area contributed by atoms with Gasteiger partial charge in [-0.15, -0.1) is 0 Å². The number of hydrogen-bond acceptors (Lipinski definition) is 8. The minimum absolute atomic E-state index is 0.0768. The van der Waals surface area contributed by atoms with E-state index in [1.54, 1.807) is 12.2 Å². The van der Waals surface area contributed by atoms with Crippen LogP contribution in [0.4, 0.5) is 0 Å². The van der Waals surface area contributed by atoms with Crippen molar-refractivity contribution in [3.8, 4) is 0 Å². The largest absolute Gasteiger partial charge is 0.455 e. The summed E-state index contributed by atoms with van der Waals surface area (Å²) in [5.74, 6) is -3.65. The van der Waals surface area contributed by atoms with E-state index in [4.69, 9.17) is 14.2 Å². The predicted molar refractivity (Wildman–Crippen MR) is 178 cm³/mol. The van der Waals surface area contributed by atoms with Crippen molar-refractivity contribution in [3.05, 3.63) is 60.2 Å². The normalized spacial score (nSPS) is 32.0. The molecule has 2 fully saturated rings. The van der Waals surface area contributed by atoms with Crippen LogP contribution in [0.3, 0.4) is 0 Å². The smallest absolute Gasteiger partial charge is 0.313 e. The first-order chi connectivity index (χ1) is 22.7. The van der Waals surface area contributed by atoms with Gasteiger partial charge in [0.1, 0.15) is 23.7 Å². The summed E-state index contributed by atoms with van der Waals surface area (Å²) in [6, 6.07) is 7.38. The first-order valence-electron chi connectivity index (χ1n) is 17.0. The Morgan fingerprint density at radius 2 is 1.77 bits per heavy atom. The van der Waals surface area contributed by atoms with E-state index in [2.05, 4.69) is 26.1 Å². The van der Waals surface area contributed by atoms with Crippen LogP contribution in [0, 0.1) is 17.3 Å². The van der Waals surface area contributed by atoms with E-state index >= 15 is 0 Å². The van der Waals surface area contributed by atoms with Gasteiger partial charge in [0, 0.05) is 38.8 Å². The second-order valence-corrected chi connectivity index (χ2v) is 15.2. The Hall–Kier alpha value is -3.54. The average Bonchev–Trinajstić information content (AvgIpc) is 3.39. The molecule has 48 heavy (non-hydrogen) atoms. The van der Waals surface area contributed by atoms with Crippen molar-refractivity contribution in [2.75, 3.05) is 33.4 Å². The monoisotopic (exact) mass is 665 g/mol. The summed E-state index contributed by atoms with van der Waals surface area (Å²) in [4.78, 5) is 60.2. The van der Waals surface area contributed by atoms with Crippen molar-refractivity contribution in [2.45, 2.75) is 95.7 Å². The van der Waals surface area contributed by atoms with Crippen molar-refractivity contribution < 1.29 is 38.5 Å². The molecule has 4 heterocycles. The molecule has 5 rings (SSSR count). The van der Waals surface area contributed by atoms with Gasteiger partial charge in [0.2, 0.25) is 17.7 Å². The number of carbonyl (C=O) groups excluding carboxylic acids is 4. The lowest BCUT2D eigenvalue weighted by molar-refractivity contribution is -0.162. The quantitative estimate of drug-likeness (QED) is 0.319. The van der Waals surface area contributed by atoms with E-state index in [1.807, 2.05) is 61.2 Å². The molecule has 1 aromatic carbocycles. The molecule has 0 aliphatic carbocycles. The maximum atomic E-state index is 14.8. The van der Waals surface area contributed by atoms with Gasteiger partial charge in [0.25, 0.3) is 0 Å². The fourth-order valence-electron chi connectivity index (χ4n) is 8.31. The molecule has 4 aliphatic rings. The van der Waals surface area contributed by atoms with Crippen molar-refractivity contribution in [1.82, 2.24) is 15.1 Å². The Bertz CT molecular complexity index is 1420. The van der Waals surface area contributed by atoms with Gasteiger partial charge < -0.3 is 34.4 Å². The molecule has 0 unspecified atom stereocenters. The number of benzene rings is 1. The standard InChI is InChI=1S/C37H51N3O8/c1-35(2,3)23-36(4,5)40-20-12-18-37-29(32(43)39(19-13-21-41)31(37)33(40)44)28-26(48-37)16-10-11-17-27(42)38-25(22-46-6)30(47-34(28)45)24-14-8-7-9-15-24/h7-10,12,14-16,18,25-26,28-31,41H,11,13,17,19-23H2,1-6H3,(H,38,42)/b16-10-/t25-,26-,28+,29+,30-,31-,37+/m0/s1. The van der Waals surface area contributed by atoms with Crippen LogP contribution in [0.1, 0.15) is 72.0 Å². The summed E-state index contributed by atoms with van der Waals surface area (Å²) in [6.07, 6.45) is 6.94. The van der Waals surface area contributed by atoms with Gasteiger partial charge in [-0.05, 0) is 44.1 Å². The van der Waals surface area contributed by atoms with Crippen LogP contribution in [-0.4, -0.2) is 101 Å². The number of hydrogen-bond donors (Lipinski definition) is 2. The number of likely N-dealkylation sites (tertiary alicyclic amines) is 1. The van der Waals surface area contributed by atoms with Gasteiger partial charge in [-0.2, -0.15) is 0 Å².